The van der Waals surface area contributed by atoms with Crippen molar-refractivity contribution in [2.45, 2.75) is 277 Å². The van der Waals surface area contributed by atoms with E-state index in [-0.39, 0.29) is 25.2 Å². The minimum Gasteiger partial charge on any atom is -0.462 e. The minimum absolute atomic E-state index is 0.0892. The molecule has 0 amide bonds. The van der Waals surface area contributed by atoms with Gasteiger partial charge in [-0.1, -0.05) is 301 Å². The lowest BCUT2D eigenvalue weighted by Crippen LogP contribution is -2.28. The van der Waals surface area contributed by atoms with Crippen molar-refractivity contribution in [3.63, 3.8) is 0 Å². The molecule has 0 rings (SSSR count). The Hall–Kier alpha value is -4.22. The molecule has 0 bridgehead atoms. The van der Waals surface area contributed by atoms with E-state index in [0.29, 0.717) is 12.8 Å². The van der Waals surface area contributed by atoms with Crippen molar-refractivity contribution < 1.29 is 24.2 Å². The highest BCUT2D eigenvalue weighted by atomic mass is 16.6. The smallest absolute Gasteiger partial charge is 0.306 e. The van der Waals surface area contributed by atoms with Crippen LogP contribution in [0.3, 0.4) is 0 Å². The first kappa shape index (κ1) is 71.8. The molecule has 0 heterocycles. The van der Waals surface area contributed by atoms with Crippen molar-refractivity contribution >= 4 is 11.9 Å². The van der Waals surface area contributed by atoms with Crippen LogP contribution < -0.4 is 0 Å². The zero-order valence-corrected chi connectivity index (χ0v) is 49.2. The second kappa shape index (κ2) is 65.1. The zero-order valence-electron chi connectivity index (χ0n) is 49.2. The largest absolute Gasteiger partial charge is 0.462 e. The number of allylic oxidation sites excluding steroid dienone is 24. The number of hydrogen-bond acceptors (Lipinski definition) is 5. The molecule has 0 radical (unpaired) electrons. The third-order valence-electron chi connectivity index (χ3n) is 13.1. The van der Waals surface area contributed by atoms with E-state index in [1.165, 1.54) is 128 Å². The minimum atomic E-state index is -0.805. The van der Waals surface area contributed by atoms with E-state index in [1.54, 1.807) is 0 Å². The number of hydrogen-bond donors (Lipinski definition) is 1. The molecule has 1 unspecified atom stereocenters. The van der Waals surface area contributed by atoms with Crippen LogP contribution >= 0.6 is 0 Å². The summed E-state index contributed by atoms with van der Waals surface area (Å²) < 4.78 is 10.7. The molecular weight excluding hydrogens is 933 g/mol. The molecule has 0 fully saturated rings. The summed E-state index contributed by atoms with van der Waals surface area (Å²) in [4.78, 5) is 24.6. The van der Waals surface area contributed by atoms with Gasteiger partial charge in [0, 0.05) is 12.8 Å². The Morgan fingerprint density at radius 2 is 0.566 bits per heavy atom. The molecule has 0 aliphatic heterocycles. The van der Waals surface area contributed by atoms with Gasteiger partial charge in [0.05, 0.1) is 6.61 Å². The number of unbranched alkanes of at least 4 members (excludes halogenated alkanes) is 24. The van der Waals surface area contributed by atoms with Crippen molar-refractivity contribution in [1.82, 2.24) is 0 Å². The van der Waals surface area contributed by atoms with Gasteiger partial charge in [-0.3, -0.25) is 9.59 Å². The van der Waals surface area contributed by atoms with Gasteiger partial charge >= 0.3 is 11.9 Å². The molecule has 1 N–H and O–H groups in total. The lowest BCUT2D eigenvalue weighted by molar-refractivity contribution is -0.161. The first-order valence-corrected chi connectivity index (χ1v) is 31.4. The molecule has 0 saturated heterocycles. The third kappa shape index (κ3) is 62.3. The Balaban J connectivity index is 3.65. The maximum Gasteiger partial charge on any atom is 0.306 e. The van der Waals surface area contributed by atoms with Crippen LogP contribution in [-0.2, 0) is 19.1 Å². The number of aliphatic hydroxyl groups is 1. The Morgan fingerprint density at radius 3 is 0.855 bits per heavy atom. The van der Waals surface area contributed by atoms with Gasteiger partial charge in [0.25, 0.3) is 0 Å². The maximum atomic E-state index is 12.3. The normalized spacial score (nSPS) is 13.2. The SMILES string of the molecule is CC/C=C\C/C=C\C/C=C\C/C=C\C/C=C\C/C=C\C/C=C\C/C=C\C/C=C\C/C=C\C/C=C\C/C=C\CCCCC(=O)OC(CO)COC(=O)CCCCCCCCCCCCCCCCCCCCCCCCC. The zero-order chi connectivity index (χ0) is 54.8. The Labute approximate surface area is 469 Å². The van der Waals surface area contributed by atoms with Crippen molar-refractivity contribution in [3.8, 4) is 0 Å². The van der Waals surface area contributed by atoms with Crippen LogP contribution in [0.4, 0.5) is 0 Å². The molecule has 0 spiro atoms. The number of ether oxygens (including phenoxy) is 2. The summed E-state index contributed by atoms with van der Waals surface area (Å²) in [5, 5.41) is 9.66. The Kier molecular flexibility index (Phi) is 61.5. The van der Waals surface area contributed by atoms with Gasteiger partial charge in [-0.05, 0) is 103 Å². The summed E-state index contributed by atoms with van der Waals surface area (Å²) in [5.41, 5.74) is 0. The quantitative estimate of drug-likeness (QED) is 0.0373. The first-order chi connectivity index (χ1) is 37.6. The van der Waals surface area contributed by atoms with Crippen LogP contribution in [0, 0.1) is 0 Å². The molecular formula is C71H116O5. The number of esters is 2. The van der Waals surface area contributed by atoms with Gasteiger partial charge in [0.15, 0.2) is 6.10 Å². The molecule has 0 aliphatic rings. The van der Waals surface area contributed by atoms with Crippen LogP contribution in [0.15, 0.2) is 146 Å². The monoisotopic (exact) mass is 1050 g/mol. The molecule has 5 heteroatoms. The second-order valence-corrected chi connectivity index (χ2v) is 20.4. The van der Waals surface area contributed by atoms with Crippen molar-refractivity contribution in [2.75, 3.05) is 13.2 Å². The molecule has 0 saturated carbocycles. The average Bonchev–Trinajstić information content (AvgIpc) is 3.42. The van der Waals surface area contributed by atoms with Gasteiger partial charge in [0.2, 0.25) is 0 Å². The van der Waals surface area contributed by atoms with E-state index < -0.39 is 6.10 Å². The van der Waals surface area contributed by atoms with Gasteiger partial charge in [0.1, 0.15) is 6.61 Å². The van der Waals surface area contributed by atoms with Crippen LogP contribution in [0.1, 0.15) is 271 Å². The van der Waals surface area contributed by atoms with E-state index in [0.717, 1.165) is 116 Å². The summed E-state index contributed by atoms with van der Waals surface area (Å²) in [6.45, 7) is 4.01. The number of carbonyl (C=O) groups is 2. The van der Waals surface area contributed by atoms with E-state index in [1.807, 2.05) is 0 Å². The molecule has 76 heavy (non-hydrogen) atoms. The standard InChI is InChI=1S/C71H116O5/c1-3-5-7-9-11-13-15-17-19-21-23-25-27-28-29-30-31-32-33-34-35-36-37-38-39-40-41-42-44-46-48-50-52-54-56-58-60-62-64-66-71(74)76-69(67-72)68-75-70(73)65-63-61-59-57-55-53-51-49-47-45-43-26-24-22-20-18-16-14-12-10-8-6-4-2/h5,7,11,13,17,19,23,25,28-29,31-32,34-35,37-38,40-41,44,46,50,52,56,58,69,72H,3-4,6,8-10,12,14-16,18,20-22,24,26-27,30,33,36,39,42-43,45,47-49,51,53-55,57,59-68H2,1-2H3/b7-5-,13-11-,19-17-,25-23-,29-28-,32-31-,35-34-,38-37-,41-40-,46-44-,52-50-,58-56-. The van der Waals surface area contributed by atoms with Crippen LogP contribution in [-0.4, -0.2) is 36.4 Å². The Bertz CT molecular complexity index is 1610. The molecule has 0 aromatic rings. The molecule has 5 nitrogen and oxygen atoms in total. The Morgan fingerprint density at radius 1 is 0.316 bits per heavy atom. The van der Waals surface area contributed by atoms with E-state index in [9.17, 15) is 14.7 Å². The average molecular weight is 1050 g/mol. The van der Waals surface area contributed by atoms with E-state index in [4.69, 9.17) is 9.47 Å². The van der Waals surface area contributed by atoms with E-state index in [2.05, 4.69) is 160 Å². The summed E-state index contributed by atoms with van der Waals surface area (Å²) in [5.74, 6) is -0.642. The molecule has 1 atom stereocenters. The van der Waals surface area contributed by atoms with Gasteiger partial charge in [-0.15, -0.1) is 0 Å². The second-order valence-electron chi connectivity index (χ2n) is 20.4. The fraction of sp³-hybridized carbons (Fsp3) is 0.634. The van der Waals surface area contributed by atoms with Gasteiger partial charge < -0.3 is 14.6 Å². The maximum absolute atomic E-state index is 12.3. The molecule has 0 aromatic heterocycles. The summed E-state index contributed by atoms with van der Waals surface area (Å²) in [7, 11) is 0. The first-order valence-electron chi connectivity index (χ1n) is 31.4. The lowest BCUT2D eigenvalue weighted by atomic mass is 10.0. The number of carbonyl (C=O) groups excluding carboxylic acids is 2. The highest BCUT2D eigenvalue weighted by Crippen LogP contribution is 2.16. The van der Waals surface area contributed by atoms with Crippen molar-refractivity contribution in [2.24, 2.45) is 0 Å². The third-order valence-corrected chi connectivity index (χ3v) is 13.1. The van der Waals surface area contributed by atoms with Gasteiger partial charge in [-0.25, -0.2) is 0 Å². The summed E-state index contributed by atoms with van der Waals surface area (Å²) in [6, 6.07) is 0. The highest BCUT2D eigenvalue weighted by Gasteiger charge is 2.16. The number of rotatable bonds is 56. The topological polar surface area (TPSA) is 72.8 Å². The molecule has 430 valence electrons. The van der Waals surface area contributed by atoms with Crippen molar-refractivity contribution in [1.29, 1.82) is 0 Å². The predicted molar refractivity (Wildman–Crippen MR) is 334 cm³/mol. The van der Waals surface area contributed by atoms with Gasteiger partial charge in [-0.2, -0.15) is 0 Å². The number of aliphatic hydroxyl groups excluding tert-OH is 1. The van der Waals surface area contributed by atoms with E-state index >= 15 is 0 Å². The molecule has 0 aliphatic carbocycles. The fourth-order valence-corrected chi connectivity index (χ4v) is 8.48. The fourth-order valence-electron chi connectivity index (χ4n) is 8.48. The van der Waals surface area contributed by atoms with Crippen LogP contribution in [0.2, 0.25) is 0 Å². The summed E-state index contributed by atoms with van der Waals surface area (Å²) >= 11 is 0. The summed E-state index contributed by atoms with van der Waals surface area (Å²) in [6.07, 6.45) is 98.4. The predicted octanol–water partition coefficient (Wildman–Crippen LogP) is 21.8. The van der Waals surface area contributed by atoms with Crippen molar-refractivity contribution in [3.05, 3.63) is 146 Å². The lowest BCUT2D eigenvalue weighted by Gasteiger charge is -2.15. The highest BCUT2D eigenvalue weighted by molar-refractivity contribution is 5.70. The van der Waals surface area contributed by atoms with Crippen LogP contribution in [0.25, 0.3) is 0 Å². The van der Waals surface area contributed by atoms with Crippen LogP contribution in [0.5, 0.6) is 0 Å². The molecule has 0 aromatic carbocycles.